The first-order valence-electron chi connectivity index (χ1n) is 14.8. The maximum atomic E-state index is 2.32. The van der Waals surface area contributed by atoms with Gasteiger partial charge in [0.05, 0.1) is 0 Å². The van der Waals surface area contributed by atoms with Gasteiger partial charge < -0.3 is 24.8 Å². The molecule has 0 bridgehead atoms. The Morgan fingerprint density at radius 1 is 0.545 bits per heavy atom. The second-order valence-corrected chi connectivity index (χ2v) is 21.1. The van der Waals surface area contributed by atoms with Crippen LogP contribution in [0.4, 0.5) is 0 Å². The quantitative estimate of drug-likeness (QED) is 0.179. The summed E-state index contributed by atoms with van der Waals surface area (Å²) < 4.78 is 0. The SMILES string of the molecule is C[Si](C)=[Zr+2].Cc1cc2c(C3C=Cc4ccccc43)cccc2[cH-]1.Cc1cc2c(C3C=Cc4ccccc43)cccc2[cH-]1.[Cl-].[Cl-]. The molecule has 0 heterocycles. The molecule has 220 valence electrons. The van der Waals surface area contributed by atoms with Crippen LogP contribution in [0.15, 0.2) is 121 Å². The summed E-state index contributed by atoms with van der Waals surface area (Å²) in [7, 11) is 0. The molecule has 0 aliphatic heterocycles. The molecule has 0 N–H and O–H groups in total. The van der Waals surface area contributed by atoms with Crippen LogP contribution in [0.2, 0.25) is 13.1 Å². The van der Waals surface area contributed by atoms with Crippen molar-refractivity contribution in [2.24, 2.45) is 0 Å². The normalized spacial score (nSPS) is 15.3. The van der Waals surface area contributed by atoms with Gasteiger partial charge in [0.25, 0.3) is 0 Å². The van der Waals surface area contributed by atoms with Crippen molar-refractivity contribution in [1.29, 1.82) is 0 Å². The Balaban J connectivity index is 0.000000172. The van der Waals surface area contributed by atoms with Crippen LogP contribution in [-0.2, 0) is 23.3 Å². The van der Waals surface area contributed by atoms with E-state index in [1.165, 1.54) is 66.1 Å². The molecule has 6 aromatic carbocycles. The molecule has 0 saturated carbocycles. The van der Waals surface area contributed by atoms with Gasteiger partial charge in [-0.1, -0.05) is 110 Å². The molecule has 2 atom stereocenters. The number of hydrogen-bond acceptors (Lipinski definition) is 0. The van der Waals surface area contributed by atoms with Crippen molar-refractivity contribution in [2.45, 2.75) is 38.8 Å². The zero-order valence-electron chi connectivity index (χ0n) is 25.6. The van der Waals surface area contributed by atoms with Crippen molar-refractivity contribution in [3.63, 3.8) is 0 Å². The molecule has 0 spiro atoms. The van der Waals surface area contributed by atoms with Gasteiger partial charge in [-0.2, -0.15) is 12.1 Å². The van der Waals surface area contributed by atoms with Gasteiger partial charge in [-0.25, -0.2) is 0 Å². The Hall–Kier alpha value is -2.74. The Kier molecular flexibility index (Phi) is 11.7. The van der Waals surface area contributed by atoms with Gasteiger partial charge in [-0.05, 0) is 22.3 Å². The summed E-state index contributed by atoms with van der Waals surface area (Å²) in [4.78, 5) is 0. The molecule has 8 rings (SSSR count). The van der Waals surface area contributed by atoms with Crippen molar-refractivity contribution >= 4 is 39.1 Å². The minimum Gasteiger partial charge on any atom is -1.00 e. The van der Waals surface area contributed by atoms with Crippen molar-refractivity contribution in [3.8, 4) is 0 Å². The van der Waals surface area contributed by atoms with Crippen LogP contribution in [-0.4, -0.2) is 5.43 Å². The first-order valence-corrected chi connectivity index (χ1v) is 21.0. The molecule has 2 aliphatic rings. The largest absolute Gasteiger partial charge is 1.00 e. The first kappa shape index (κ1) is 34.1. The van der Waals surface area contributed by atoms with Gasteiger partial charge in [0, 0.05) is 11.8 Å². The summed E-state index contributed by atoms with van der Waals surface area (Å²) in [5.41, 5.74) is 11.3. The number of aryl methyl sites for hydroxylation is 2. The summed E-state index contributed by atoms with van der Waals surface area (Å²) in [6.07, 6.45) is 9.13. The van der Waals surface area contributed by atoms with Crippen LogP contribution in [0.3, 0.4) is 0 Å². The van der Waals surface area contributed by atoms with Crippen LogP contribution >= 0.6 is 0 Å². The number of fused-ring (bicyclic) bond motifs is 4. The molecule has 2 aliphatic carbocycles. The fourth-order valence-corrected chi connectivity index (χ4v) is 6.40. The van der Waals surface area contributed by atoms with Crippen molar-refractivity contribution in [2.75, 3.05) is 0 Å². The van der Waals surface area contributed by atoms with Crippen LogP contribution < -0.4 is 24.8 Å². The molecular weight excluding hydrogens is 671 g/mol. The monoisotopic (exact) mass is 704 g/mol. The van der Waals surface area contributed by atoms with E-state index in [9.17, 15) is 0 Å². The fourth-order valence-electron chi connectivity index (χ4n) is 6.40. The average Bonchev–Trinajstić information content (AvgIpc) is 3.76. The van der Waals surface area contributed by atoms with Crippen molar-refractivity contribution in [3.05, 3.63) is 166 Å². The minimum atomic E-state index is 0. The van der Waals surface area contributed by atoms with E-state index in [1.54, 1.807) is 23.3 Å². The molecule has 6 aromatic rings. The predicted octanol–water partition coefficient (Wildman–Crippen LogP) is 4.84. The summed E-state index contributed by atoms with van der Waals surface area (Å²) in [5, 5.41) is 5.50. The summed E-state index contributed by atoms with van der Waals surface area (Å²) in [6.45, 7) is 8.95. The van der Waals surface area contributed by atoms with Crippen LogP contribution in [0.5, 0.6) is 0 Å². The van der Waals surface area contributed by atoms with E-state index >= 15 is 0 Å². The Morgan fingerprint density at radius 2 is 0.909 bits per heavy atom. The van der Waals surface area contributed by atoms with Crippen molar-refractivity contribution in [1.82, 2.24) is 0 Å². The van der Waals surface area contributed by atoms with Gasteiger partial charge in [0.15, 0.2) is 0 Å². The molecule has 0 saturated heterocycles. The van der Waals surface area contributed by atoms with Gasteiger partial charge >= 0.3 is 41.9 Å². The number of rotatable bonds is 2. The third kappa shape index (κ3) is 7.21. The van der Waals surface area contributed by atoms with E-state index < -0.39 is 0 Å². The molecule has 0 fully saturated rings. The van der Waals surface area contributed by atoms with Crippen LogP contribution in [0.25, 0.3) is 33.7 Å². The first-order chi connectivity index (χ1) is 20.4. The fraction of sp³-hybridized carbons (Fsp3) is 0.150. The maximum absolute atomic E-state index is 2.32. The van der Waals surface area contributed by atoms with E-state index in [2.05, 4.69) is 160 Å². The molecule has 0 radical (unpaired) electrons. The smallest absolute Gasteiger partial charge is 0.0190 e. The molecule has 0 nitrogen and oxygen atoms in total. The minimum absolute atomic E-state index is 0. The van der Waals surface area contributed by atoms with E-state index in [0.717, 1.165) is 0 Å². The molecular formula is C40H36Cl2SiZr-2. The second kappa shape index (κ2) is 15.0. The Bertz CT molecular complexity index is 1830. The average molecular weight is 707 g/mol. The molecule has 0 aromatic heterocycles. The second-order valence-electron chi connectivity index (χ2n) is 11.7. The summed E-state index contributed by atoms with van der Waals surface area (Å²) >= 11 is 1.74. The molecule has 2 unspecified atom stereocenters. The number of hydrogen-bond donors (Lipinski definition) is 0. The number of halogens is 2. The van der Waals surface area contributed by atoms with Crippen LogP contribution in [0, 0.1) is 13.8 Å². The van der Waals surface area contributed by atoms with Crippen molar-refractivity contribution < 1.29 is 48.1 Å². The zero-order chi connectivity index (χ0) is 29.2. The van der Waals surface area contributed by atoms with Gasteiger partial charge in [-0.15, -0.1) is 69.1 Å². The summed E-state index contributed by atoms with van der Waals surface area (Å²) in [6, 6.07) is 39.8. The van der Waals surface area contributed by atoms with Gasteiger partial charge in [-0.3, -0.25) is 0 Å². The van der Waals surface area contributed by atoms with Gasteiger partial charge in [0.2, 0.25) is 0 Å². The maximum Gasteiger partial charge on any atom is 0.0190 e. The molecule has 4 heteroatoms. The molecule has 44 heavy (non-hydrogen) atoms. The number of allylic oxidation sites excluding steroid dienone is 2. The Morgan fingerprint density at radius 3 is 1.32 bits per heavy atom. The third-order valence-corrected chi connectivity index (χ3v) is 8.13. The van der Waals surface area contributed by atoms with Gasteiger partial charge in [0.1, 0.15) is 0 Å². The predicted molar refractivity (Wildman–Crippen MR) is 181 cm³/mol. The molecule has 0 amide bonds. The number of benzene rings is 4. The summed E-state index contributed by atoms with van der Waals surface area (Å²) in [5.74, 6) is 0.809. The standard InChI is InChI=1S/2C19H15.C2H6Si.2ClH.Zr/c2*1-13-11-15-6-4-8-17(19(15)12-13)18-10-9-14-5-2-3-7-16(14)18;1-3-2;;;/h2*2-12,18H,1H3;1-2H3;2*1H;/q2*-1;;;;+2/p-2. The van der Waals surface area contributed by atoms with E-state index in [4.69, 9.17) is 0 Å². The van der Waals surface area contributed by atoms with E-state index in [1.807, 2.05) is 0 Å². The topological polar surface area (TPSA) is 0 Å². The Labute approximate surface area is 289 Å². The third-order valence-electron chi connectivity index (χ3n) is 8.13. The zero-order valence-corrected chi connectivity index (χ0v) is 30.6. The van der Waals surface area contributed by atoms with E-state index in [0.29, 0.717) is 11.8 Å². The van der Waals surface area contributed by atoms with Crippen LogP contribution in [0.1, 0.15) is 56.3 Å². The van der Waals surface area contributed by atoms with E-state index in [-0.39, 0.29) is 30.2 Å².